The minimum Gasteiger partial charge on any atom is -0.352 e. The van der Waals surface area contributed by atoms with E-state index in [0.29, 0.717) is 0 Å². The summed E-state index contributed by atoms with van der Waals surface area (Å²) in [4.78, 5) is 11.5. The third-order valence-corrected chi connectivity index (χ3v) is 2.96. The molecule has 0 fully saturated rings. The van der Waals surface area contributed by atoms with Gasteiger partial charge in [-0.1, -0.05) is 11.6 Å². The second kappa shape index (κ2) is 5.88. The highest BCUT2D eigenvalue weighted by molar-refractivity contribution is 9.10. The lowest BCUT2D eigenvalue weighted by Crippen LogP contribution is -2.28. The summed E-state index contributed by atoms with van der Waals surface area (Å²) in [6, 6.07) is 2.15. The molecule has 0 aliphatic carbocycles. The molecule has 0 atom stereocenters. The Balaban J connectivity index is 2.73. The van der Waals surface area contributed by atoms with Crippen LogP contribution in [0, 0.1) is 5.82 Å². The van der Waals surface area contributed by atoms with E-state index in [4.69, 9.17) is 11.6 Å². The van der Waals surface area contributed by atoms with Gasteiger partial charge in [0.05, 0.1) is 16.5 Å². The number of hydrogen-bond acceptors (Lipinski definition) is 1. The Morgan fingerprint density at radius 2 is 2.00 bits per heavy atom. The Kier molecular flexibility index (Phi) is 4.98. The van der Waals surface area contributed by atoms with Gasteiger partial charge >= 0.3 is 6.18 Å². The lowest BCUT2D eigenvalue weighted by molar-refractivity contribution is -0.132. The van der Waals surface area contributed by atoms with Gasteiger partial charge in [0.1, 0.15) is 5.82 Å². The van der Waals surface area contributed by atoms with Crippen molar-refractivity contribution in [1.29, 1.82) is 0 Å². The molecule has 0 aliphatic rings. The third kappa shape index (κ3) is 4.45. The number of halogens is 6. The molecule has 100 valence electrons. The van der Waals surface area contributed by atoms with Crippen molar-refractivity contribution in [2.75, 3.05) is 6.54 Å². The van der Waals surface area contributed by atoms with E-state index in [0.717, 1.165) is 12.1 Å². The maximum atomic E-state index is 13.2. The van der Waals surface area contributed by atoms with E-state index in [1.165, 1.54) is 0 Å². The molecule has 0 spiro atoms. The van der Waals surface area contributed by atoms with Gasteiger partial charge in [0, 0.05) is 11.6 Å². The lowest BCUT2D eigenvalue weighted by Gasteiger charge is -2.09. The second-order valence-electron chi connectivity index (χ2n) is 3.37. The van der Waals surface area contributed by atoms with Crippen LogP contribution in [0.15, 0.2) is 16.6 Å². The molecule has 0 aliphatic heterocycles. The van der Waals surface area contributed by atoms with E-state index in [9.17, 15) is 22.4 Å². The molecule has 0 saturated carbocycles. The fourth-order valence-electron chi connectivity index (χ4n) is 1.13. The van der Waals surface area contributed by atoms with Crippen molar-refractivity contribution < 1.29 is 22.4 Å². The van der Waals surface area contributed by atoms with Crippen molar-refractivity contribution in [2.45, 2.75) is 12.6 Å². The maximum Gasteiger partial charge on any atom is 0.390 e. The fourth-order valence-corrected chi connectivity index (χ4v) is 1.75. The summed E-state index contributed by atoms with van der Waals surface area (Å²) < 4.78 is 48.7. The number of rotatable bonds is 3. The summed E-state index contributed by atoms with van der Waals surface area (Å²) in [5.74, 6) is -1.59. The number of hydrogen-bond donors (Lipinski definition) is 1. The van der Waals surface area contributed by atoms with Crippen LogP contribution in [-0.2, 0) is 0 Å². The maximum absolute atomic E-state index is 13.2. The Hall–Kier alpha value is -0.820. The summed E-state index contributed by atoms with van der Waals surface area (Å²) in [6.45, 7) is -0.580. The van der Waals surface area contributed by atoms with Gasteiger partial charge in [-0.05, 0) is 28.1 Å². The Morgan fingerprint density at radius 3 is 2.56 bits per heavy atom. The van der Waals surface area contributed by atoms with E-state index < -0.39 is 30.9 Å². The zero-order valence-corrected chi connectivity index (χ0v) is 11.1. The zero-order valence-electron chi connectivity index (χ0n) is 8.74. The minimum absolute atomic E-state index is 0.0170. The summed E-state index contributed by atoms with van der Waals surface area (Å²) in [6.07, 6.45) is -5.51. The van der Waals surface area contributed by atoms with Crippen molar-refractivity contribution in [2.24, 2.45) is 0 Å². The molecule has 0 radical (unpaired) electrons. The average Bonchev–Trinajstić information content (AvgIpc) is 2.21. The second-order valence-corrected chi connectivity index (χ2v) is 4.60. The van der Waals surface area contributed by atoms with Crippen LogP contribution in [0.2, 0.25) is 5.02 Å². The number of carbonyl (C=O) groups is 1. The largest absolute Gasteiger partial charge is 0.390 e. The minimum atomic E-state index is -4.36. The molecule has 1 rings (SSSR count). The van der Waals surface area contributed by atoms with Crippen molar-refractivity contribution in [3.05, 3.63) is 33.0 Å². The van der Waals surface area contributed by atoms with Crippen molar-refractivity contribution in [3.63, 3.8) is 0 Å². The molecule has 1 N–H and O–H groups in total. The number of benzene rings is 1. The standard InChI is InChI=1S/C10H7BrClF4NO/c11-8-6(3-5(12)4-7(8)13)9(18)17-2-1-10(14,15)16/h3-4H,1-2H2,(H,17,18). The summed E-state index contributed by atoms with van der Waals surface area (Å²) in [5.41, 5.74) is -0.151. The summed E-state index contributed by atoms with van der Waals surface area (Å²) >= 11 is 8.38. The third-order valence-electron chi connectivity index (χ3n) is 1.93. The van der Waals surface area contributed by atoms with Crippen LogP contribution in [0.4, 0.5) is 17.6 Å². The van der Waals surface area contributed by atoms with Crippen molar-refractivity contribution in [3.8, 4) is 0 Å². The number of nitrogens with one attached hydrogen (secondary N) is 1. The Bertz CT molecular complexity index is 464. The smallest absolute Gasteiger partial charge is 0.352 e. The molecule has 0 saturated heterocycles. The molecule has 8 heteroatoms. The van der Waals surface area contributed by atoms with Crippen LogP contribution in [0.5, 0.6) is 0 Å². The summed E-state index contributed by atoms with van der Waals surface area (Å²) in [5, 5.41) is 2.02. The SMILES string of the molecule is O=C(NCCC(F)(F)F)c1cc(Cl)cc(F)c1Br. The molecule has 2 nitrogen and oxygen atoms in total. The van der Waals surface area contributed by atoms with E-state index in [2.05, 4.69) is 15.9 Å². The molecule has 0 bridgehead atoms. The summed E-state index contributed by atoms with van der Waals surface area (Å²) in [7, 11) is 0. The molecule has 0 heterocycles. The number of amides is 1. The first-order valence-electron chi connectivity index (χ1n) is 4.70. The highest BCUT2D eigenvalue weighted by Crippen LogP contribution is 2.25. The number of carbonyl (C=O) groups excluding carboxylic acids is 1. The highest BCUT2D eigenvalue weighted by Gasteiger charge is 2.27. The Labute approximate surface area is 113 Å². The van der Waals surface area contributed by atoms with Gasteiger partial charge in [-0.25, -0.2) is 4.39 Å². The lowest BCUT2D eigenvalue weighted by atomic mass is 10.2. The van der Waals surface area contributed by atoms with Crippen LogP contribution in [0.3, 0.4) is 0 Å². The van der Waals surface area contributed by atoms with Gasteiger partial charge in [-0.2, -0.15) is 13.2 Å². The number of alkyl halides is 3. The quantitative estimate of drug-likeness (QED) is 0.651. The molecular weight excluding hydrogens is 341 g/mol. The van der Waals surface area contributed by atoms with E-state index in [-0.39, 0.29) is 15.1 Å². The zero-order chi connectivity index (χ0) is 13.9. The first kappa shape index (κ1) is 15.2. The van der Waals surface area contributed by atoms with Gasteiger partial charge in [0.15, 0.2) is 0 Å². The normalized spacial score (nSPS) is 11.4. The molecule has 1 amide bonds. The Morgan fingerprint density at radius 1 is 1.39 bits per heavy atom. The van der Waals surface area contributed by atoms with Crippen LogP contribution in [-0.4, -0.2) is 18.6 Å². The molecule has 0 aromatic heterocycles. The van der Waals surface area contributed by atoms with Crippen molar-refractivity contribution >= 4 is 33.4 Å². The van der Waals surface area contributed by atoms with Gasteiger partial charge < -0.3 is 5.32 Å². The highest BCUT2D eigenvalue weighted by atomic mass is 79.9. The van der Waals surface area contributed by atoms with E-state index >= 15 is 0 Å². The predicted octanol–water partition coefficient (Wildman–Crippen LogP) is 3.92. The van der Waals surface area contributed by atoms with E-state index in [1.807, 2.05) is 5.32 Å². The average molecular weight is 349 g/mol. The molecule has 18 heavy (non-hydrogen) atoms. The molecular formula is C10H7BrClF4NO. The first-order valence-corrected chi connectivity index (χ1v) is 5.87. The van der Waals surface area contributed by atoms with Gasteiger partial charge in [0.2, 0.25) is 0 Å². The molecule has 0 unspecified atom stereocenters. The van der Waals surface area contributed by atoms with Gasteiger partial charge in [-0.15, -0.1) is 0 Å². The van der Waals surface area contributed by atoms with Gasteiger partial charge in [0.25, 0.3) is 5.91 Å². The van der Waals surface area contributed by atoms with Crippen LogP contribution in [0.25, 0.3) is 0 Å². The van der Waals surface area contributed by atoms with Crippen molar-refractivity contribution in [1.82, 2.24) is 5.32 Å². The topological polar surface area (TPSA) is 29.1 Å². The predicted molar refractivity (Wildman–Crippen MR) is 62.1 cm³/mol. The first-order chi connectivity index (χ1) is 8.20. The fraction of sp³-hybridized carbons (Fsp3) is 0.300. The van der Waals surface area contributed by atoms with Crippen LogP contribution >= 0.6 is 27.5 Å². The van der Waals surface area contributed by atoms with Crippen LogP contribution in [0.1, 0.15) is 16.8 Å². The monoisotopic (exact) mass is 347 g/mol. The van der Waals surface area contributed by atoms with Gasteiger partial charge in [-0.3, -0.25) is 4.79 Å². The van der Waals surface area contributed by atoms with E-state index in [1.54, 1.807) is 0 Å². The molecule has 1 aromatic carbocycles. The van der Waals surface area contributed by atoms with Crippen LogP contribution < -0.4 is 5.32 Å². The molecule has 1 aromatic rings.